The maximum absolute atomic E-state index is 12.2. The number of para-hydroxylation sites is 2. The van der Waals surface area contributed by atoms with Crippen molar-refractivity contribution in [3.8, 4) is 11.4 Å². The van der Waals surface area contributed by atoms with Gasteiger partial charge in [0.1, 0.15) is 5.69 Å². The van der Waals surface area contributed by atoms with Crippen molar-refractivity contribution in [2.45, 2.75) is 13.2 Å². The van der Waals surface area contributed by atoms with E-state index in [1.165, 1.54) is 10.7 Å². The first-order valence-electron chi connectivity index (χ1n) is 4.86. The number of benzene rings is 1. The van der Waals surface area contributed by atoms with Crippen molar-refractivity contribution in [3.63, 3.8) is 0 Å². The molecule has 7 heteroatoms. The lowest BCUT2D eigenvalue weighted by Crippen LogP contribution is -2.06. The summed E-state index contributed by atoms with van der Waals surface area (Å²) >= 11 is 0. The van der Waals surface area contributed by atoms with Crippen LogP contribution >= 0.6 is 0 Å². The third-order valence-corrected chi connectivity index (χ3v) is 2.08. The number of aromatic nitrogens is 3. The van der Waals surface area contributed by atoms with Gasteiger partial charge in [0, 0.05) is 6.54 Å². The summed E-state index contributed by atoms with van der Waals surface area (Å²) in [5, 5.41) is 7.56. The summed E-state index contributed by atoms with van der Waals surface area (Å²) in [7, 11) is 0. The molecule has 0 saturated heterocycles. The van der Waals surface area contributed by atoms with E-state index in [0.29, 0.717) is 11.4 Å². The Morgan fingerprint density at radius 2 is 2.12 bits per heavy atom. The van der Waals surface area contributed by atoms with E-state index in [1.54, 1.807) is 24.4 Å². The summed E-state index contributed by atoms with van der Waals surface area (Å²) in [6, 6.07) is 6.33. The molecule has 0 aliphatic rings. The quantitative estimate of drug-likeness (QED) is 0.875. The lowest BCUT2D eigenvalue weighted by atomic mass is 10.3. The molecule has 2 rings (SSSR count). The molecule has 17 heavy (non-hydrogen) atoms. The smallest absolute Gasteiger partial charge is 0.387 e. The number of alkyl halides is 2. The summed E-state index contributed by atoms with van der Waals surface area (Å²) < 4.78 is 30.1. The Kier molecular flexibility index (Phi) is 3.29. The van der Waals surface area contributed by atoms with Crippen LogP contribution in [0.4, 0.5) is 8.78 Å². The summed E-state index contributed by atoms with van der Waals surface area (Å²) in [5.41, 5.74) is 6.35. The number of nitrogens with zero attached hydrogens (tertiary/aromatic N) is 3. The number of hydrogen-bond donors (Lipinski definition) is 1. The lowest BCUT2D eigenvalue weighted by molar-refractivity contribution is -0.0499. The van der Waals surface area contributed by atoms with Crippen molar-refractivity contribution < 1.29 is 13.5 Å². The maximum Gasteiger partial charge on any atom is 0.387 e. The van der Waals surface area contributed by atoms with E-state index < -0.39 is 6.61 Å². The second kappa shape index (κ2) is 4.88. The van der Waals surface area contributed by atoms with Crippen LogP contribution < -0.4 is 10.5 Å². The molecule has 0 aliphatic heterocycles. The molecule has 0 saturated carbocycles. The largest absolute Gasteiger partial charge is 0.433 e. The molecule has 2 aromatic rings. The van der Waals surface area contributed by atoms with Crippen LogP contribution in [-0.2, 0) is 6.54 Å². The van der Waals surface area contributed by atoms with E-state index in [0.717, 1.165) is 0 Å². The number of nitrogens with two attached hydrogens (primary N) is 1. The van der Waals surface area contributed by atoms with E-state index in [2.05, 4.69) is 15.0 Å². The lowest BCUT2D eigenvalue weighted by Gasteiger charge is -2.09. The minimum Gasteiger partial charge on any atom is -0.433 e. The molecule has 0 radical (unpaired) electrons. The van der Waals surface area contributed by atoms with E-state index in [9.17, 15) is 8.78 Å². The van der Waals surface area contributed by atoms with Crippen molar-refractivity contribution in [2.75, 3.05) is 0 Å². The van der Waals surface area contributed by atoms with Crippen molar-refractivity contribution in [2.24, 2.45) is 5.73 Å². The Labute approximate surface area is 95.8 Å². The molecular weight excluding hydrogens is 230 g/mol. The van der Waals surface area contributed by atoms with Crippen LogP contribution in [0.1, 0.15) is 5.69 Å². The molecule has 0 aliphatic carbocycles. The van der Waals surface area contributed by atoms with Crippen LogP contribution in [0.15, 0.2) is 30.5 Å². The number of halogens is 2. The SMILES string of the molecule is NCc1cn(-c2ccccc2OC(F)F)nn1. The van der Waals surface area contributed by atoms with Crippen LogP contribution in [0.2, 0.25) is 0 Å². The Morgan fingerprint density at radius 3 is 2.76 bits per heavy atom. The van der Waals surface area contributed by atoms with Crippen LogP contribution in [0, 0.1) is 0 Å². The van der Waals surface area contributed by atoms with Crippen molar-refractivity contribution in [1.82, 2.24) is 15.0 Å². The van der Waals surface area contributed by atoms with Crippen LogP contribution in [0.5, 0.6) is 5.75 Å². The van der Waals surface area contributed by atoms with Gasteiger partial charge in [0.05, 0.1) is 11.9 Å². The predicted octanol–water partition coefficient (Wildman–Crippen LogP) is 1.33. The number of ether oxygens (including phenoxy) is 1. The number of rotatable bonds is 4. The molecular formula is C10H10F2N4O. The highest BCUT2D eigenvalue weighted by Crippen LogP contribution is 2.23. The molecule has 1 aromatic carbocycles. The predicted molar refractivity (Wildman–Crippen MR) is 55.9 cm³/mol. The van der Waals surface area contributed by atoms with Crippen LogP contribution in [0.25, 0.3) is 5.69 Å². The molecule has 1 heterocycles. The summed E-state index contributed by atoms with van der Waals surface area (Å²) in [6.45, 7) is -2.65. The minimum absolute atomic E-state index is 0.0379. The first-order chi connectivity index (χ1) is 8.20. The first kappa shape index (κ1) is 11.5. The van der Waals surface area contributed by atoms with Gasteiger partial charge in [-0.1, -0.05) is 17.3 Å². The number of hydrogen-bond acceptors (Lipinski definition) is 4. The zero-order valence-corrected chi connectivity index (χ0v) is 8.75. The van der Waals surface area contributed by atoms with Gasteiger partial charge < -0.3 is 10.5 Å². The highest BCUT2D eigenvalue weighted by molar-refractivity contribution is 5.45. The molecule has 0 fully saturated rings. The third kappa shape index (κ3) is 2.56. The zero-order valence-electron chi connectivity index (χ0n) is 8.75. The van der Waals surface area contributed by atoms with Gasteiger partial charge in [0.2, 0.25) is 0 Å². The fraction of sp³-hybridized carbons (Fsp3) is 0.200. The topological polar surface area (TPSA) is 66.0 Å². The Balaban J connectivity index is 2.36. The van der Waals surface area contributed by atoms with Gasteiger partial charge >= 0.3 is 6.61 Å². The third-order valence-electron chi connectivity index (χ3n) is 2.08. The van der Waals surface area contributed by atoms with Crippen molar-refractivity contribution >= 4 is 0 Å². The van der Waals surface area contributed by atoms with Crippen LogP contribution in [-0.4, -0.2) is 21.6 Å². The molecule has 5 nitrogen and oxygen atoms in total. The standard InChI is InChI=1S/C10H10F2N4O/c11-10(12)17-9-4-2-1-3-8(9)16-6-7(5-13)14-15-16/h1-4,6,10H,5,13H2. The first-order valence-corrected chi connectivity index (χ1v) is 4.86. The molecule has 0 atom stereocenters. The highest BCUT2D eigenvalue weighted by Gasteiger charge is 2.11. The molecule has 2 N–H and O–H groups in total. The molecule has 0 amide bonds. The Morgan fingerprint density at radius 1 is 1.35 bits per heavy atom. The average molecular weight is 240 g/mol. The maximum atomic E-state index is 12.2. The molecule has 90 valence electrons. The average Bonchev–Trinajstić information content (AvgIpc) is 2.77. The van der Waals surface area contributed by atoms with E-state index in [-0.39, 0.29) is 12.3 Å². The molecule has 1 aromatic heterocycles. The highest BCUT2D eigenvalue weighted by atomic mass is 19.3. The zero-order chi connectivity index (χ0) is 12.3. The van der Waals surface area contributed by atoms with Crippen LogP contribution in [0.3, 0.4) is 0 Å². The van der Waals surface area contributed by atoms with Gasteiger partial charge in [0.15, 0.2) is 5.75 Å². The van der Waals surface area contributed by atoms with Gasteiger partial charge in [-0.2, -0.15) is 8.78 Å². The molecule has 0 spiro atoms. The van der Waals surface area contributed by atoms with Gasteiger partial charge in [-0.25, -0.2) is 4.68 Å². The summed E-state index contributed by atoms with van der Waals surface area (Å²) in [4.78, 5) is 0. The summed E-state index contributed by atoms with van der Waals surface area (Å²) in [6.07, 6.45) is 1.56. The second-order valence-corrected chi connectivity index (χ2v) is 3.20. The fourth-order valence-corrected chi connectivity index (χ4v) is 1.35. The minimum atomic E-state index is -2.88. The van der Waals surface area contributed by atoms with E-state index in [1.807, 2.05) is 0 Å². The Bertz CT molecular complexity index is 501. The fourth-order valence-electron chi connectivity index (χ4n) is 1.35. The molecule has 0 unspecified atom stereocenters. The molecule has 0 bridgehead atoms. The van der Waals surface area contributed by atoms with Gasteiger partial charge in [0.25, 0.3) is 0 Å². The van der Waals surface area contributed by atoms with Gasteiger partial charge in [-0.05, 0) is 12.1 Å². The van der Waals surface area contributed by atoms with Gasteiger partial charge in [-0.15, -0.1) is 5.10 Å². The van der Waals surface area contributed by atoms with Crippen molar-refractivity contribution in [1.29, 1.82) is 0 Å². The second-order valence-electron chi connectivity index (χ2n) is 3.20. The van der Waals surface area contributed by atoms with Gasteiger partial charge in [-0.3, -0.25) is 0 Å². The van der Waals surface area contributed by atoms with E-state index in [4.69, 9.17) is 5.73 Å². The van der Waals surface area contributed by atoms with Crippen molar-refractivity contribution in [3.05, 3.63) is 36.2 Å². The summed E-state index contributed by atoms with van der Waals surface area (Å²) in [5.74, 6) is 0.0379. The van der Waals surface area contributed by atoms with E-state index >= 15 is 0 Å². The monoisotopic (exact) mass is 240 g/mol. The Hall–Kier alpha value is -2.02. The normalized spacial score (nSPS) is 10.8.